The Morgan fingerprint density at radius 3 is 2.74 bits per heavy atom. The van der Waals surface area contributed by atoms with Crippen LogP contribution in [-0.4, -0.2) is 46.9 Å². The van der Waals surface area contributed by atoms with Crippen LogP contribution >= 0.6 is 0 Å². The first-order valence-electron chi connectivity index (χ1n) is 11.1. The first-order valence-corrected chi connectivity index (χ1v) is 11.1. The van der Waals surface area contributed by atoms with Gasteiger partial charge in [-0.1, -0.05) is 31.0 Å². The summed E-state index contributed by atoms with van der Waals surface area (Å²) in [6.07, 6.45) is 4.19. The number of nitrogens with zero attached hydrogens (tertiary/aromatic N) is 1. The number of carbonyl (C=O) groups excluding carboxylic acids is 1. The van der Waals surface area contributed by atoms with E-state index in [1.54, 1.807) is 25.3 Å². The number of methoxy groups -OCH3 is 1. The molecule has 1 amide bonds. The van der Waals surface area contributed by atoms with Crippen molar-refractivity contribution in [2.24, 2.45) is 5.92 Å². The molecule has 0 aromatic heterocycles. The number of phenolic OH excluding ortho intramolecular Hbond substituents is 1. The van der Waals surface area contributed by atoms with Gasteiger partial charge in [0.2, 0.25) is 0 Å². The van der Waals surface area contributed by atoms with Gasteiger partial charge in [0.05, 0.1) is 30.9 Å². The molecule has 1 heterocycles. The second-order valence-corrected chi connectivity index (χ2v) is 8.51. The van der Waals surface area contributed by atoms with E-state index in [-0.39, 0.29) is 23.6 Å². The van der Waals surface area contributed by atoms with Gasteiger partial charge in [0.15, 0.2) is 11.5 Å². The molecule has 0 unspecified atom stereocenters. The number of carbonyl (C=O) groups is 1. The largest absolute Gasteiger partial charge is 0.504 e. The number of aliphatic hydroxyl groups is 1. The Balaban J connectivity index is 1.79. The molecule has 3 atom stereocenters. The molecule has 2 aliphatic rings. The average molecular weight is 426 g/mol. The number of benzene rings is 2. The van der Waals surface area contributed by atoms with E-state index in [9.17, 15) is 15.0 Å². The van der Waals surface area contributed by atoms with Gasteiger partial charge in [-0.3, -0.25) is 4.79 Å². The molecular formula is C25H31NO5. The number of rotatable bonds is 5. The fourth-order valence-corrected chi connectivity index (χ4v) is 5.28. The molecule has 6 heteroatoms. The minimum Gasteiger partial charge on any atom is -0.504 e. The molecule has 2 fully saturated rings. The number of amides is 1. The Morgan fingerprint density at radius 2 is 1.97 bits per heavy atom. The lowest BCUT2D eigenvalue weighted by atomic mass is 9.66. The van der Waals surface area contributed by atoms with Gasteiger partial charge in [-0.05, 0) is 56.0 Å². The molecule has 2 aromatic rings. The Bertz CT molecular complexity index is 945. The number of phenols is 1. The minimum absolute atomic E-state index is 0.0721. The van der Waals surface area contributed by atoms with Gasteiger partial charge in [-0.25, -0.2) is 0 Å². The summed E-state index contributed by atoms with van der Waals surface area (Å²) in [6, 6.07) is 12.2. The fourth-order valence-electron chi connectivity index (χ4n) is 5.28. The zero-order valence-electron chi connectivity index (χ0n) is 18.2. The number of piperidine rings is 1. The summed E-state index contributed by atoms with van der Waals surface area (Å²) in [5, 5.41) is 21.7. The molecule has 1 saturated heterocycles. The maximum Gasteiger partial charge on any atom is 0.258 e. The van der Waals surface area contributed by atoms with Crippen molar-refractivity contribution >= 4 is 5.91 Å². The lowest BCUT2D eigenvalue weighted by molar-refractivity contribution is -0.115. The van der Waals surface area contributed by atoms with Crippen molar-refractivity contribution < 1.29 is 24.5 Å². The van der Waals surface area contributed by atoms with Gasteiger partial charge >= 0.3 is 0 Å². The Labute approximate surface area is 183 Å². The number of fused-ring (bicyclic) bond motifs is 1. The molecule has 2 N–H and O–H groups in total. The predicted octanol–water partition coefficient (Wildman–Crippen LogP) is 4.31. The molecule has 1 aliphatic heterocycles. The number of para-hydroxylation sites is 1. The normalized spacial score (nSPS) is 25.6. The van der Waals surface area contributed by atoms with Gasteiger partial charge in [0.25, 0.3) is 5.91 Å². The summed E-state index contributed by atoms with van der Waals surface area (Å²) in [4.78, 5) is 15.6. The highest BCUT2D eigenvalue weighted by Gasteiger charge is 2.50. The minimum atomic E-state index is -0.788. The van der Waals surface area contributed by atoms with E-state index in [0.29, 0.717) is 36.6 Å². The highest BCUT2D eigenvalue weighted by Crippen LogP contribution is 2.50. The summed E-state index contributed by atoms with van der Waals surface area (Å²) >= 11 is 0. The monoisotopic (exact) mass is 425 g/mol. The molecule has 0 radical (unpaired) electrons. The third-order valence-corrected chi connectivity index (χ3v) is 6.79. The third kappa shape index (κ3) is 3.97. The third-order valence-electron chi connectivity index (χ3n) is 6.79. The van der Waals surface area contributed by atoms with E-state index < -0.39 is 5.60 Å². The maximum atomic E-state index is 13.7. The van der Waals surface area contributed by atoms with Gasteiger partial charge in [0, 0.05) is 12.5 Å². The van der Waals surface area contributed by atoms with Crippen molar-refractivity contribution in [1.29, 1.82) is 0 Å². The summed E-state index contributed by atoms with van der Waals surface area (Å²) in [5.41, 5.74) is 0.596. The van der Waals surface area contributed by atoms with Crippen molar-refractivity contribution in [3.63, 3.8) is 0 Å². The average Bonchev–Trinajstić information content (AvgIpc) is 2.79. The molecule has 1 saturated carbocycles. The molecule has 31 heavy (non-hydrogen) atoms. The van der Waals surface area contributed by atoms with Gasteiger partial charge < -0.3 is 24.6 Å². The lowest BCUT2D eigenvalue weighted by Gasteiger charge is -2.52. The molecular weight excluding hydrogens is 394 g/mol. The number of likely N-dealkylation sites (tertiary alicyclic amines) is 1. The molecule has 2 aromatic carbocycles. The summed E-state index contributed by atoms with van der Waals surface area (Å²) in [5.74, 6) is 0.822. The van der Waals surface area contributed by atoms with Crippen LogP contribution in [0, 0.1) is 5.92 Å². The summed E-state index contributed by atoms with van der Waals surface area (Å²) in [7, 11) is 1.56. The van der Waals surface area contributed by atoms with E-state index in [0.717, 1.165) is 31.2 Å². The standard InChI is InChI=1S/C25H31NO5/c1-3-31-22-16-17(11-12-20(22)27)23-19-9-6-7-13-25(19,29)14-15-26(23)24(28)18-8-4-5-10-21(18)30-2/h4-5,8,10-12,16,19,23,27,29H,3,6-7,9,13-15H2,1-2H3/t19-,23-,25+/m0/s1. The first-order chi connectivity index (χ1) is 15.0. The summed E-state index contributed by atoms with van der Waals surface area (Å²) < 4.78 is 11.1. The van der Waals surface area contributed by atoms with Crippen LogP contribution in [0.1, 0.15) is 61.0 Å². The van der Waals surface area contributed by atoms with Gasteiger partial charge in [-0.15, -0.1) is 0 Å². The highest BCUT2D eigenvalue weighted by atomic mass is 16.5. The van der Waals surface area contributed by atoms with Crippen LogP contribution in [0.5, 0.6) is 17.2 Å². The predicted molar refractivity (Wildman–Crippen MR) is 118 cm³/mol. The van der Waals surface area contributed by atoms with Crippen LogP contribution in [0.25, 0.3) is 0 Å². The molecule has 1 aliphatic carbocycles. The van der Waals surface area contributed by atoms with Crippen molar-refractivity contribution in [2.45, 2.75) is 50.7 Å². The molecule has 6 nitrogen and oxygen atoms in total. The van der Waals surface area contributed by atoms with Crippen molar-refractivity contribution in [1.82, 2.24) is 4.90 Å². The maximum absolute atomic E-state index is 13.7. The van der Waals surface area contributed by atoms with E-state index in [1.165, 1.54) is 0 Å². The van der Waals surface area contributed by atoms with Crippen LogP contribution in [0.15, 0.2) is 42.5 Å². The zero-order valence-corrected chi connectivity index (χ0v) is 18.2. The zero-order chi connectivity index (χ0) is 22.0. The van der Waals surface area contributed by atoms with Gasteiger partial charge in [0.1, 0.15) is 5.75 Å². The lowest BCUT2D eigenvalue weighted by Crippen LogP contribution is -2.56. The van der Waals surface area contributed by atoms with Crippen molar-refractivity contribution in [2.75, 3.05) is 20.3 Å². The van der Waals surface area contributed by atoms with E-state index in [2.05, 4.69) is 0 Å². The Kier molecular flexibility index (Phi) is 6.10. The number of hydrogen-bond donors (Lipinski definition) is 2. The van der Waals surface area contributed by atoms with E-state index in [1.807, 2.05) is 36.1 Å². The fraction of sp³-hybridized carbons (Fsp3) is 0.480. The van der Waals surface area contributed by atoms with Crippen molar-refractivity contribution in [3.8, 4) is 17.2 Å². The smallest absolute Gasteiger partial charge is 0.258 e. The van der Waals surface area contributed by atoms with E-state index in [4.69, 9.17) is 9.47 Å². The molecule has 0 spiro atoms. The van der Waals surface area contributed by atoms with Gasteiger partial charge in [-0.2, -0.15) is 0 Å². The second kappa shape index (κ2) is 8.79. The Hall–Kier alpha value is -2.73. The Morgan fingerprint density at radius 1 is 1.16 bits per heavy atom. The molecule has 4 rings (SSSR count). The van der Waals surface area contributed by atoms with Crippen LogP contribution in [0.2, 0.25) is 0 Å². The van der Waals surface area contributed by atoms with Crippen LogP contribution in [0.4, 0.5) is 0 Å². The first kappa shape index (κ1) is 21.5. The number of ether oxygens (including phenoxy) is 2. The molecule has 166 valence electrons. The molecule has 0 bridgehead atoms. The number of hydrogen-bond acceptors (Lipinski definition) is 5. The number of aromatic hydroxyl groups is 1. The van der Waals surface area contributed by atoms with Crippen LogP contribution in [0.3, 0.4) is 0 Å². The quantitative estimate of drug-likeness (QED) is 0.746. The SMILES string of the molecule is CCOc1cc([C@H]2[C@@H]3CCCC[C@@]3(O)CCN2C(=O)c2ccccc2OC)ccc1O. The van der Waals surface area contributed by atoms with Crippen LogP contribution in [-0.2, 0) is 0 Å². The van der Waals surface area contributed by atoms with E-state index >= 15 is 0 Å². The topological polar surface area (TPSA) is 79.2 Å². The highest BCUT2D eigenvalue weighted by molar-refractivity contribution is 5.97. The summed E-state index contributed by atoms with van der Waals surface area (Å²) in [6.45, 7) is 2.75. The second-order valence-electron chi connectivity index (χ2n) is 8.51. The van der Waals surface area contributed by atoms with Crippen molar-refractivity contribution in [3.05, 3.63) is 53.6 Å². The van der Waals surface area contributed by atoms with Crippen LogP contribution < -0.4 is 9.47 Å².